The molecular weight excluding hydrogens is 204 g/mol. The number of unbranched alkanes of at least 4 members (excludes halogenated alkanes) is 1. The second kappa shape index (κ2) is 6.88. The lowest BCUT2D eigenvalue weighted by Crippen LogP contribution is -2.07. The maximum absolute atomic E-state index is 11.3. The smallest absolute Gasteiger partial charge is 0.311 e. The molecule has 0 aromatic heterocycles. The minimum atomic E-state index is -0.215. The SMILES string of the molecule is [CH2]CCCC(=O)Oc1ccc(OCC)cc1. The van der Waals surface area contributed by atoms with E-state index in [1.54, 1.807) is 24.3 Å². The Hall–Kier alpha value is -1.51. The van der Waals surface area contributed by atoms with Crippen LogP contribution in [0.3, 0.4) is 0 Å². The van der Waals surface area contributed by atoms with E-state index in [2.05, 4.69) is 6.92 Å². The van der Waals surface area contributed by atoms with Crippen molar-refractivity contribution in [3.8, 4) is 11.5 Å². The van der Waals surface area contributed by atoms with Crippen molar-refractivity contribution < 1.29 is 14.3 Å². The number of hydrogen-bond donors (Lipinski definition) is 0. The summed E-state index contributed by atoms with van der Waals surface area (Å²) in [4.78, 5) is 11.3. The maximum atomic E-state index is 11.3. The standard InChI is InChI=1S/C13H17O3/c1-3-5-6-13(14)16-12-9-7-11(8-10-12)15-4-2/h7-10H,1,3-6H2,2H3. The average molecular weight is 221 g/mol. The van der Waals surface area contributed by atoms with Gasteiger partial charge in [0.25, 0.3) is 0 Å². The fourth-order valence-corrected chi connectivity index (χ4v) is 1.22. The molecule has 0 aliphatic rings. The van der Waals surface area contributed by atoms with Gasteiger partial charge in [-0.05, 0) is 37.6 Å². The molecule has 0 saturated carbocycles. The molecule has 0 fully saturated rings. The molecule has 0 amide bonds. The van der Waals surface area contributed by atoms with Gasteiger partial charge in [0, 0.05) is 6.42 Å². The molecule has 0 saturated heterocycles. The van der Waals surface area contributed by atoms with Crippen molar-refractivity contribution in [2.75, 3.05) is 6.61 Å². The van der Waals surface area contributed by atoms with Crippen LogP contribution in [-0.2, 0) is 4.79 Å². The molecule has 0 heterocycles. The van der Waals surface area contributed by atoms with Gasteiger partial charge in [-0.1, -0.05) is 13.3 Å². The van der Waals surface area contributed by atoms with Gasteiger partial charge in [0.2, 0.25) is 0 Å². The first kappa shape index (κ1) is 12.6. The molecule has 1 rings (SSSR count). The van der Waals surface area contributed by atoms with Gasteiger partial charge in [0.15, 0.2) is 0 Å². The lowest BCUT2D eigenvalue weighted by molar-refractivity contribution is -0.134. The Labute approximate surface area is 96.4 Å². The minimum Gasteiger partial charge on any atom is -0.494 e. The van der Waals surface area contributed by atoms with Gasteiger partial charge in [-0.3, -0.25) is 4.79 Å². The average Bonchev–Trinajstić information content (AvgIpc) is 2.29. The van der Waals surface area contributed by atoms with E-state index >= 15 is 0 Å². The summed E-state index contributed by atoms with van der Waals surface area (Å²) < 4.78 is 10.4. The summed E-state index contributed by atoms with van der Waals surface area (Å²) in [6, 6.07) is 7.03. The predicted molar refractivity (Wildman–Crippen MR) is 62.5 cm³/mol. The minimum absolute atomic E-state index is 0.215. The molecule has 1 radical (unpaired) electrons. The third kappa shape index (κ3) is 4.34. The Morgan fingerprint density at radius 2 is 1.88 bits per heavy atom. The first-order chi connectivity index (χ1) is 7.76. The van der Waals surface area contributed by atoms with E-state index in [9.17, 15) is 4.79 Å². The molecule has 3 nitrogen and oxygen atoms in total. The van der Waals surface area contributed by atoms with Crippen molar-refractivity contribution in [2.45, 2.75) is 26.2 Å². The molecule has 0 bridgehead atoms. The molecule has 3 heteroatoms. The van der Waals surface area contributed by atoms with Crippen LogP contribution in [0.2, 0.25) is 0 Å². The van der Waals surface area contributed by atoms with Crippen LogP contribution in [-0.4, -0.2) is 12.6 Å². The molecule has 0 atom stereocenters. The molecule has 0 spiro atoms. The van der Waals surface area contributed by atoms with Gasteiger partial charge in [-0.15, -0.1) is 0 Å². The van der Waals surface area contributed by atoms with E-state index in [-0.39, 0.29) is 5.97 Å². The second-order valence-corrected chi connectivity index (χ2v) is 3.34. The van der Waals surface area contributed by atoms with Crippen LogP contribution in [0.15, 0.2) is 24.3 Å². The Morgan fingerprint density at radius 3 is 2.44 bits per heavy atom. The van der Waals surface area contributed by atoms with Crippen LogP contribution in [0.5, 0.6) is 11.5 Å². The summed E-state index contributed by atoms with van der Waals surface area (Å²) in [6.45, 7) is 6.22. The van der Waals surface area contributed by atoms with Gasteiger partial charge in [-0.2, -0.15) is 0 Å². The Kier molecular flexibility index (Phi) is 5.40. The van der Waals surface area contributed by atoms with E-state index in [4.69, 9.17) is 9.47 Å². The van der Waals surface area contributed by atoms with E-state index < -0.39 is 0 Å². The topological polar surface area (TPSA) is 35.5 Å². The first-order valence-electron chi connectivity index (χ1n) is 5.49. The third-order valence-corrected chi connectivity index (χ3v) is 2.00. The lowest BCUT2D eigenvalue weighted by atomic mass is 10.2. The van der Waals surface area contributed by atoms with E-state index in [1.165, 1.54) is 0 Å². The Balaban J connectivity index is 2.45. The van der Waals surface area contributed by atoms with Crippen LogP contribution in [0, 0.1) is 6.92 Å². The van der Waals surface area contributed by atoms with Gasteiger partial charge in [0.05, 0.1) is 6.61 Å². The molecule has 1 aromatic carbocycles. The van der Waals surface area contributed by atoms with E-state index in [1.807, 2.05) is 6.92 Å². The maximum Gasteiger partial charge on any atom is 0.311 e. The third-order valence-electron chi connectivity index (χ3n) is 2.00. The quantitative estimate of drug-likeness (QED) is 0.547. The number of carbonyl (C=O) groups excluding carboxylic acids is 1. The highest BCUT2D eigenvalue weighted by atomic mass is 16.5. The number of hydrogen-bond acceptors (Lipinski definition) is 3. The summed E-state index contributed by atoms with van der Waals surface area (Å²) >= 11 is 0. The molecule has 0 unspecified atom stereocenters. The zero-order valence-electron chi connectivity index (χ0n) is 9.57. The van der Waals surface area contributed by atoms with Crippen LogP contribution in [0.25, 0.3) is 0 Å². The number of esters is 1. The monoisotopic (exact) mass is 221 g/mol. The largest absolute Gasteiger partial charge is 0.494 e. The van der Waals surface area contributed by atoms with Crippen molar-refractivity contribution in [1.82, 2.24) is 0 Å². The molecule has 0 aliphatic heterocycles. The fraction of sp³-hybridized carbons (Fsp3) is 0.385. The highest BCUT2D eigenvalue weighted by molar-refractivity contribution is 5.72. The summed E-state index contributed by atoms with van der Waals surface area (Å²) in [6.07, 6.45) is 1.92. The fourth-order valence-electron chi connectivity index (χ4n) is 1.22. The van der Waals surface area contributed by atoms with E-state index in [0.717, 1.165) is 18.6 Å². The van der Waals surface area contributed by atoms with E-state index in [0.29, 0.717) is 18.8 Å². The highest BCUT2D eigenvalue weighted by Gasteiger charge is 2.03. The molecule has 16 heavy (non-hydrogen) atoms. The van der Waals surface area contributed by atoms with Crippen LogP contribution < -0.4 is 9.47 Å². The Morgan fingerprint density at radius 1 is 1.25 bits per heavy atom. The molecule has 0 N–H and O–H groups in total. The predicted octanol–water partition coefficient (Wildman–Crippen LogP) is 3.00. The van der Waals surface area contributed by atoms with Gasteiger partial charge in [0.1, 0.15) is 11.5 Å². The van der Waals surface area contributed by atoms with Crippen molar-refractivity contribution in [3.63, 3.8) is 0 Å². The number of benzene rings is 1. The summed E-state index contributed by atoms with van der Waals surface area (Å²) in [5, 5.41) is 0. The molecule has 1 aromatic rings. The van der Waals surface area contributed by atoms with Gasteiger partial charge >= 0.3 is 5.97 Å². The number of rotatable bonds is 6. The Bertz CT molecular complexity index is 316. The zero-order valence-corrected chi connectivity index (χ0v) is 9.57. The zero-order chi connectivity index (χ0) is 11.8. The normalized spacial score (nSPS) is 9.88. The van der Waals surface area contributed by atoms with Crippen molar-refractivity contribution >= 4 is 5.97 Å². The van der Waals surface area contributed by atoms with Crippen molar-refractivity contribution in [2.24, 2.45) is 0 Å². The first-order valence-corrected chi connectivity index (χ1v) is 5.49. The van der Waals surface area contributed by atoms with Gasteiger partial charge in [-0.25, -0.2) is 0 Å². The number of carbonyl (C=O) groups is 1. The molecular formula is C13H17O3. The van der Waals surface area contributed by atoms with Crippen molar-refractivity contribution in [1.29, 1.82) is 0 Å². The molecule has 87 valence electrons. The van der Waals surface area contributed by atoms with Gasteiger partial charge < -0.3 is 9.47 Å². The summed E-state index contributed by atoms with van der Waals surface area (Å²) in [7, 11) is 0. The van der Waals surface area contributed by atoms with Crippen molar-refractivity contribution in [3.05, 3.63) is 31.2 Å². The van der Waals surface area contributed by atoms with Crippen LogP contribution >= 0.6 is 0 Å². The van der Waals surface area contributed by atoms with Crippen LogP contribution in [0.1, 0.15) is 26.2 Å². The highest BCUT2D eigenvalue weighted by Crippen LogP contribution is 2.18. The summed E-state index contributed by atoms with van der Waals surface area (Å²) in [5.41, 5.74) is 0. The summed E-state index contributed by atoms with van der Waals surface area (Å²) in [5.74, 6) is 1.12. The molecule has 0 aliphatic carbocycles. The second-order valence-electron chi connectivity index (χ2n) is 3.34. The lowest BCUT2D eigenvalue weighted by Gasteiger charge is -2.05. The number of ether oxygens (including phenoxy) is 2. The van der Waals surface area contributed by atoms with Crippen LogP contribution in [0.4, 0.5) is 0 Å².